The molecule has 0 radical (unpaired) electrons. The van der Waals surface area contributed by atoms with E-state index in [0.29, 0.717) is 27.9 Å². The molecule has 1 aliphatic carbocycles. The molecule has 1 heterocycles. The Morgan fingerprint density at radius 2 is 1.76 bits per heavy atom. The Labute approximate surface area is 224 Å². The van der Waals surface area contributed by atoms with Crippen LogP contribution in [0.4, 0.5) is 27.6 Å². The van der Waals surface area contributed by atoms with Gasteiger partial charge in [0.2, 0.25) is 0 Å². The summed E-state index contributed by atoms with van der Waals surface area (Å²) in [4.78, 5) is -1.26. The minimum absolute atomic E-state index is 0.308. The lowest BCUT2D eigenvalue weighted by molar-refractivity contribution is -0.273. The lowest BCUT2D eigenvalue weighted by Crippen LogP contribution is -2.51. The molecule has 2 aromatic carbocycles. The number of nitrogens with zero attached hydrogens (tertiary/aromatic N) is 1. The van der Waals surface area contributed by atoms with Crippen LogP contribution in [0.15, 0.2) is 52.4 Å². The van der Waals surface area contributed by atoms with Crippen LogP contribution in [-0.4, -0.2) is 39.6 Å². The summed E-state index contributed by atoms with van der Waals surface area (Å²) < 4.78 is 154. The van der Waals surface area contributed by atoms with Crippen molar-refractivity contribution in [2.24, 2.45) is 0 Å². The van der Waals surface area contributed by atoms with Crippen LogP contribution in [0.2, 0.25) is 5.02 Å². The van der Waals surface area contributed by atoms with Gasteiger partial charge in [-0.15, -0.1) is 0 Å². The third kappa shape index (κ3) is 4.78. The molecule has 0 saturated heterocycles. The van der Waals surface area contributed by atoms with E-state index in [1.54, 1.807) is 11.6 Å². The van der Waals surface area contributed by atoms with Crippen LogP contribution in [0, 0.1) is 18.6 Å². The largest absolute Gasteiger partial charge is 0.417 e. The quantitative estimate of drug-likeness (QED) is 0.310. The molecule has 1 atom stereocenters. The third-order valence-electron chi connectivity index (χ3n) is 6.21. The number of rotatable bonds is 6. The van der Waals surface area contributed by atoms with Gasteiger partial charge in [-0.05, 0) is 43.5 Å². The van der Waals surface area contributed by atoms with Gasteiger partial charge in [-0.25, -0.2) is 29.6 Å². The summed E-state index contributed by atoms with van der Waals surface area (Å²) in [5.74, 6) is -2.48. The van der Waals surface area contributed by atoms with Gasteiger partial charge < -0.3 is 4.74 Å². The minimum atomic E-state index is -5.32. The van der Waals surface area contributed by atoms with Gasteiger partial charge in [-0.2, -0.15) is 13.2 Å². The van der Waals surface area contributed by atoms with Crippen LogP contribution < -0.4 is 4.72 Å². The molecule has 0 bridgehead atoms. The van der Waals surface area contributed by atoms with Crippen LogP contribution in [0.1, 0.15) is 27.4 Å². The summed E-state index contributed by atoms with van der Waals surface area (Å²) in [5.41, 5.74) is -4.77. The number of alkyl halides is 3. The normalized spacial score (nSPS) is 19.8. The van der Waals surface area contributed by atoms with Crippen LogP contribution in [0.3, 0.4) is 0 Å². The first-order valence-electron chi connectivity index (χ1n) is 12.2. The fraction of sp³-hybridized carbons (Fsp3) is 0.304. The number of aromatic nitrogens is 1. The number of hydrogen-bond donors (Lipinski definition) is 1. The number of hydrogen-bond acceptors (Lipinski definition) is 5. The molecular weight excluding hydrogens is 579 g/mol. The summed E-state index contributed by atoms with van der Waals surface area (Å²) in [7, 11) is -13.3. The van der Waals surface area contributed by atoms with Crippen LogP contribution in [0.5, 0.6) is 0 Å². The van der Waals surface area contributed by atoms with E-state index in [2.05, 4.69) is 4.74 Å². The highest BCUT2D eigenvalue weighted by molar-refractivity contribution is 7.93. The molecule has 3 aromatic rings. The van der Waals surface area contributed by atoms with Crippen molar-refractivity contribution in [1.29, 1.82) is 0 Å². The molecule has 0 fully saturated rings. The molecule has 0 unspecified atom stereocenters. The molecule has 0 aliphatic heterocycles. The summed E-state index contributed by atoms with van der Waals surface area (Å²) >= 11 is 5.49. The first-order chi connectivity index (χ1) is 18.7. The van der Waals surface area contributed by atoms with Crippen molar-refractivity contribution in [1.82, 2.24) is 3.97 Å². The number of halogens is 6. The number of fused-ring (bicyclic) bond motifs is 1. The predicted octanol–water partition coefficient (Wildman–Crippen LogP) is 5.20. The van der Waals surface area contributed by atoms with E-state index >= 15 is 0 Å². The Balaban J connectivity index is 1.94. The van der Waals surface area contributed by atoms with E-state index in [-0.39, 0.29) is 0 Å². The Kier molecular flexibility index (Phi) is 6.09. The summed E-state index contributed by atoms with van der Waals surface area (Å²) in [6, 6.07) is 6.01. The Hall–Kier alpha value is -2.68. The van der Waals surface area contributed by atoms with Gasteiger partial charge in [-0.3, -0.25) is 4.72 Å². The lowest BCUT2D eigenvalue weighted by Gasteiger charge is -2.38. The second-order valence-electron chi connectivity index (χ2n) is 8.66. The van der Waals surface area contributed by atoms with E-state index in [1.807, 2.05) is 0 Å². The van der Waals surface area contributed by atoms with Crippen LogP contribution in [-0.2, 0) is 37.6 Å². The smallest absolute Gasteiger partial charge is 0.368 e. The highest BCUT2D eigenvalue weighted by Gasteiger charge is 2.58. The fourth-order valence-electron chi connectivity index (χ4n) is 4.13. The van der Waals surface area contributed by atoms with Gasteiger partial charge in [0.1, 0.15) is 16.5 Å². The molecule has 0 saturated carbocycles. The van der Waals surface area contributed by atoms with E-state index in [4.69, 9.17) is 15.7 Å². The van der Waals surface area contributed by atoms with E-state index in [0.717, 1.165) is 12.1 Å². The third-order valence-corrected chi connectivity index (χ3v) is 9.63. The predicted molar refractivity (Wildman–Crippen MR) is 128 cm³/mol. The minimum Gasteiger partial charge on any atom is -0.368 e. The maximum atomic E-state index is 14.4. The number of benzene rings is 2. The zero-order valence-corrected chi connectivity index (χ0v) is 21.6. The monoisotopic (exact) mass is 601 g/mol. The molecule has 7 nitrogen and oxygen atoms in total. The standard InChI is InChI=1S/C23H20ClF5N2O5S2/c1-13-3-5-14(6-4-13)38(34,35)31-12-21(15-7-8-22(36-2,11-20(15)31)23(27,28)29)37(32,33)30-19-10-17(25)16(24)9-18(19)26/h3-6,9-10,12,30H,7-8,11H2,1-2H3/t22-/m0/s1/i2D3. The lowest BCUT2D eigenvalue weighted by atomic mass is 9.83. The van der Waals surface area contributed by atoms with Crippen LogP contribution in [0.25, 0.3) is 0 Å². The second kappa shape index (κ2) is 9.50. The average Bonchev–Trinajstić information content (AvgIpc) is 3.21. The van der Waals surface area contributed by atoms with E-state index < -0.39 is 102 Å². The average molecular weight is 602 g/mol. The number of aryl methyl sites for hydroxylation is 1. The van der Waals surface area contributed by atoms with Crippen molar-refractivity contribution >= 4 is 37.3 Å². The van der Waals surface area contributed by atoms with Gasteiger partial charge in [0, 0.05) is 31.4 Å². The van der Waals surface area contributed by atoms with Crippen molar-refractivity contribution in [2.75, 3.05) is 11.8 Å². The topological polar surface area (TPSA) is 94.5 Å². The molecule has 15 heteroatoms. The molecule has 206 valence electrons. The maximum absolute atomic E-state index is 14.4. The molecule has 0 spiro atoms. The Bertz CT molecular complexity index is 1730. The zero-order chi connectivity index (χ0) is 30.8. The van der Waals surface area contributed by atoms with Crippen molar-refractivity contribution in [3.8, 4) is 0 Å². The SMILES string of the molecule is [2H]C([2H])([2H])O[C@@]1(C(F)(F)F)CCc2c(S(=O)(=O)Nc3cc(F)c(Cl)cc3F)cn(S(=O)(=O)c3ccc(C)cc3)c2C1. The summed E-state index contributed by atoms with van der Waals surface area (Å²) in [5, 5.41) is -0.657. The van der Waals surface area contributed by atoms with Crippen molar-refractivity contribution in [3.63, 3.8) is 0 Å². The van der Waals surface area contributed by atoms with Crippen molar-refractivity contribution < 1.29 is 47.6 Å². The molecule has 38 heavy (non-hydrogen) atoms. The van der Waals surface area contributed by atoms with E-state index in [1.165, 1.54) is 12.1 Å². The number of sulfonamides is 1. The number of ether oxygens (including phenoxy) is 1. The molecule has 1 aromatic heterocycles. The van der Waals surface area contributed by atoms with Gasteiger partial charge in [-0.1, -0.05) is 29.3 Å². The van der Waals surface area contributed by atoms with Crippen LogP contribution >= 0.6 is 11.6 Å². The highest BCUT2D eigenvalue weighted by Crippen LogP contribution is 2.45. The Morgan fingerprint density at radius 1 is 1.11 bits per heavy atom. The van der Waals surface area contributed by atoms with Gasteiger partial charge in [0.05, 0.1) is 19.7 Å². The van der Waals surface area contributed by atoms with Crippen molar-refractivity contribution in [2.45, 2.75) is 47.8 Å². The Morgan fingerprint density at radius 3 is 2.37 bits per heavy atom. The van der Waals surface area contributed by atoms with Crippen molar-refractivity contribution in [3.05, 3.63) is 76.1 Å². The first kappa shape index (κ1) is 24.4. The molecule has 4 rings (SSSR count). The molecular formula is C23H20ClF5N2O5S2. The molecule has 1 N–H and O–H groups in total. The van der Waals surface area contributed by atoms with Gasteiger partial charge in [0.25, 0.3) is 20.0 Å². The first-order valence-corrected chi connectivity index (χ1v) is 14.0. The number of anilines is 1. The number of methoxy groups -OCH3 is 1. The zero-order valence-electron chi connectivity index (χ0n) is 22.2. The highest BCUT2D eigenvalue weighted by atomic mass is 35.5. The second-order valence-corrected chi connectivity index (χ2v) is 12.5. The van der Waals surface area contributed by atoms with E-state index in [9.17, 15) is 38.8 Å². The number of nitrogens with one attached hydrogen (secondary N) is 1. The molecule has 1 aliphatic rings. The maximum Gasteiger partial charge on any atom is 0.417 e. The summed E-state index contributed by atoms with van der Waals surface area (Å²) in [6.45, 7) is 1.65. The molecule has 0 amide bonds. The summed E-state index contributed by atoms with van der Waals surface area (Å²) in [6.07, 6.45) is -8.04. The van der Waals surface area contributed by atoms with Gasteiger partial charge in [0.15, 0.2) is 5.60 Å². The fourth-order valence-corrected chi connectivity index (χ4v) is 7.11. The van der Waals surface area contributed by atoms with Gasteiger partial charge >= 0.3 is 6.18 Å².